The molecule has 9 nitrogen and oxygen atoms in total. The van der Waals surface area contributed by atoms with Crippen LogP contribution in [0.5, 0.6) is 0 Å². The van der Waals surface area contributed by atoms with Gasteiger partial charge in [-0.25, -0.2) is 9.37 Å². The number of fused-ring (bicyclic) bond motifs is 1. The lowest BCUT2D eigenvalue weighted by Crippen LogP contribution is -2.29. The lowest BCUT2D eigenvalue weighted by Gasteiger charge is -2.22. The fourth-order valence-electron chi connectivity index (χ4n) is 3.82. The molecule has 1 fully saturated rings. The van der Waals surface area contributed by atoms with E-state index in [1.165, 1.54) is 42.7 Å². The van der Waals surface area contributed by atoms with Crippen LogP contribution in [-0.4, -0.2) is 31.7 Å². The van der Waals surface area contributed by atoms with Gasteiger partial charge in [-0.3, -0.25) is 29.6 Å². The molecule has 174 valence electrons. The molecule has 0 spiro atoms. The molecule has 1 aliphatic rings. The first-order valence-corrected chi connectivity index (χ1v) is 11.2. The largest absolute Gasteiger partial charge is 0.507 e. The maximum atomic E-state index is 14.0. The summed E-state index contributed by atoms with van der Waals surface area (Å²) in [5.41, 5.74) is 0.117. The zero-order chi connectivity index (χ0) is 24.9. The highest BCUT2D eigenvalue weighted by molar-refractivity contribution is 7.22. The normalized spacial score (nSPS) is 17.3. The number of non-ortho nitro benzene ring substituents is 1. The third kappa shape index (κ3) is 3.80. The Morgan fingerprint density at radius 2 is 2.00 bits per heavy atom. The molecular formula is C23H12ClFN4O5S. The summed E-state index contributed by atoms with van der Waals surface area (Å²) in [5.74, 6) is -3.23. The van der Waals surface area contributed by atoms with Gasteiger partial charge in [-0.2, -0.15) is 0 Å². The second kappa shape index (κ2) is 8.53. The molecule has 12 heteroatoms. The number of aliphatic hydroxyl groups excluding tert-OH is 1. The fraction of sp³-hybridized carbons (Fsp3) is 0.0435. The third-order valence-electron chi connectivity index (χ3n) is 5.40. The first-order valence-electron chi connectivity index (χ1n) is 9.97. The van der Waals surface area contributed by atoms with Crippen LogP contribution in [0.25, 0.3) is 16.0 Å². The van der Waals surface area contributed by atoms with Crippen LogP contribution < -0.4 is 4.90 Å². The second-order valence-corrected chi connectivity index (χ2v) is 8.91. The maximum absolute atomic E-state index is 14.0. The van der Waals surface area contributed by atoms with E-state index in [0.717, 1.165) is 22.3 Å². The number of hydrogen-bond donors (Lipinski definition) is 1. The highest BCUT2D eigenvalue weighted by Gasteiger charge is 2.48. The van der Waals surface area contributed by atoms with Gasteiger partial charge in [-0.1, -0.05) is 41.1 Å². The van der Waals surface area contributed by atoms with Gasteiger partial charge < -0.3 is 5.11 Å². The van der Waals surface area contributed by atoms with Crippen molar-refractivity contribution in [1.29, 1.82) is 0 Å². The molecule has 35 heavy (non-hydrogen) atoms. The summed E-state index contributed by atoms with van der Waals surface area (Å²) in [5, 5.41) is 22.2. The zero-order valence-corrected chi connectivity index (χ0v) is 19.0. The molecule has 1 N–H and O–H groups in total. The number of aromatic nitrogens is 2. The van der Waals surface area contributed by atoms with Crippen LogP contribution in [0.3, 0.4) is 0 Å². The van der Waals surface area contributed by atoms with Gasteiger partial charge in [0.05, 0.1) is 31.8 Å². The van der Waals surface area contributed by atoms with Gasteiger partial charge >= 0.3 is 5.91 Å². The summed E-state index contributed by atoms with van der Waals surface area (Å²) in [6.07, 6.45) is 2.92. The third-order valence-corrected chi connectivity index (χ3v) is 6.71. The van der Waals surface area contributed by atoms with Crippen LogP contribution in [0.15, 0.2) is 66.5 Å². The number of carbonyl (C=O) groups is 2. The molecule has 0 saturated carbocycles. The number of aliphatic hydroxyl groups is 1. The standard InChI is InChI=1S/C23H12ClFN4O5S/c24-14-8-16-17(9-15(14)25)35-23(27-16)28-19(12-4-2-6-26-10-12)18(21(31)22(28)32)20(30)11-3-1-5-13(7-11)29(33)34/h1-10,19,30H/b20-18+. The van der Waals surface area contributed by atoms with E-state index in [-0.39, 0.29) is 27.0 Å². The lowest BCUT2D eigenvalue weighted by atomic mass is 9.96. The Balaban J connectivity index is 1.72. The van der Waals surface area contributed by atoms with Gasteiger partial charge in [0.1, 0.15) is 11.6 Å². The minimum atomic E-state index is -1.14. The van der Waals surface area contributed by atoms with Crippen LogP contribution in [0.1, 0.15) is 17.2 Å². The maximum Gasteiger partial charge on any atom is 0.301 e. The quantitative estimate of drug-likeness (QED) is 0.134. The van der Waals surface area contributed by atoms with Crippen LogP contribution in [-0.2, 0) is 9.59 Å². The number of rotatable bonds is 4. The molecule has 2 aromatic heterocycles. The molecule has 3 heterocycles. The minimum absolute atomic E-state index is 0.00996. The summed E-state index contributed by atoms with van der Waals surface area (Å²) < 4.78 is 14.4. The number of anilines is 1. The average molecular weight is 511 g/mol. The molecule has 0 aliphatic carbocycles. The van der Waals surface area contributed by atoms with Crippen molar-refractivity contribution in [3.05, 3.63) is 98.6 Å². The van der Waals surface area contributed by atoms with E-state index in [0.29, 0.717) is 15.8 Å². The Morgan fingerprint density at radius 3 is 2.71 bits per heavy atom. The van der Waals surface area contributed by atoms with Crippen LogP contribution in [0, 0.1) is 15.9 Å². The van der Waals surface area contributed by atoms with E-state index >= 15 is 0 Å². The molecule has 1 atom stereocenters. The van der Waals surface area contributed by atoms with Crippen molar-refractivity contribution in [1.82, 2.24) is 9.97 Å². The molecule has 1 unspecified atom stereocenters. The van der Waals surface area contributed by atoms with Crippen LogP contribution in [0.4, 0.5) is 15.2 Å². The number of ketones is 1. The van der Waals surface area contributed by atoms with Crippen molar-refractivity contribution in [3.8, 4) is 0 Å². The Labute approximate surface area is 204 Å². The van der Waals surface area contributed by atoms with Crippen molar-refractivity contribution in [2.24, 2.45) is 0 Å². The molecule has 0 bridgehead atoms. The summed E-state index contributed by atoms with van der Waals surface area (Å²) >= 11 is 6.83. The van der Waals surface area contributed by atoms with Gasteiger partial charge in [-0.05, 0) is 23.8 Å². The number of nitro groups is 1. The number of hydrogen-bond acceptors (Lipinski definition) is 8. The van der Waals surface area contributed by atoms with Crippen LogP contribution >= 0.6 is 22.9 Å². The summed E-state index contributed by atoms with van der Waals surface area (Å²) in [7, 11) is 0. The smallest absolute Gasteiger partial charge is 0.301 e. The van der Waals surface area contributed by atoms with Crippen molar-refractivity contribution in [2.45, 2.75) is 6.04 Å². The Hall–Kier alpha value is -4.22. The summed E-state index contributed by atoms with van der Waals surface area (Å²) in [6, 6.07) is 9.64. The Kier molecular flexibility index (Phi) is 5.50. The monoisotopic (exact) mass is 510 g/mol. The summed E-state index contributed by atoms with van der Waals surface area (Å²) in [4.78, 5) is 46.4. The topological polar surface area (TPSA) is 127 Å². The summed E-state index contributed by atoms with van der Waals surface area (Å²) in [6.45, 7) is 0. The van der Waals surface area contributed by atoms with E-state index in [2.05, 4.69) is 9.97 Å². The van der Waals surface area contributed by atoms with E-state index in [1.807, 2.05) is 0 Å². The predicted molar refractivity (Wildman–Crippen MR) is 127 cm³/mol. The first-order chi connectivity index (χ1) is 16.8. The number of nitrogens with zero attached hydrogens (tertiary/aromatic N) is 4. The predicted octanol–water partition coefficient (Wildman–Crippen LogP) is 5.02. The molecule has 1 aliphatic heterocycles. The number of nitro benzene ring substituents is 1. The highest BCUT2D eigenvalue weighted by Crippen LogP contribution is 2.44. The number of pyridine rings is 1. The van der Waals surface area contributed by atoms with E-state index in [9.17, 15) is 29.2 Å². The number of carbonyl (C=O) groups excluding carboxylic acids is 2. The van der Waals surface area contributed by atoms with Gasteiger partial charge in [0, 0.05) is 30.1 Å². The van der Waals surface area contributed by atoms with Crippen LogP contribution in [0.2, 0.25) is 5.02 Å². The molecule has 2 aromatic carbocycles. The van der Waals surface area contributed by atoms with Gasteiger partial charge in [0.25, 0.3) is 11.5 Å². The van der Waals surface area contributed by atoms with Gasteiger partial charge in [-0.15, -0.1) is 0 Å². The molecule has 1 saturated heterocycles. The van der Waals surface area contributed by atoms with E-state index in [4.69, 9.17) is 11.6 Å². The van der Waals surface area contributed by atoms with Crippen molar-refractivity contribution >= 4 is 61.4 Å². The molecule has 0 radical (unpaired) electrons. The highest BCUT2D eigenvalue weighted by atomic mass is 35.5. The average Bonchev–Trinajstić information content (AvgIpc) is 3.37. The van der Waals surface area contributed by atoms with Crippen molar-refractivity contribution in [2.75, 3.05) is 4.90 Å². The molecule has 1 amide bonds. The fourth-order valence-corrected chi connectivity index (χ4v) is 4.98. The van der Waals surface area contributed by atoms with Crippen molar-refractivity contribution in [3.63, 3.8) is 0 Å². The number of benzene rings is 2. The molecular weight excluding hydrogens is 499 g/mol. The number of halogens is 2. The zero-order valence-electron chi connectivity index (χ0n) is 17.4. The molecule has 5 rings (SSSR count). The van der Waals surface area contributed by atoms with Crippen molar-refractivity contribution < 1.29 is 24.0 Å². The van der Waals surface area contributed by atoms with E-state index in [1.54, 1.807) is 12.1 Å². The Morgan fingerprint density at radius 1 is 1.20 bits per heavy atom. The van der Waals surface area contributed by atoms with Gasteiger partial charge in [0.2, 0.25) is 0 Å². The lowest BCUT2D eigenvalue weighted by molar-refractivity contribution is -0.384. The number of Topliss-reactive ketones (excluding diaryl/α,β-unsaturated/α-hetero) is 1. The van der Waals surface area contributed by atoms with E-state index < -0.39 is 34.2 Å². The number of thiazole rings is 1. The van der Waals surface area contributed by atoms with Gasteiger partial charge in [0.15, 0.2) is 5.13 Å². The minimum Gasteiger partial charge on any atom is -0.507 e. The second-order valence-electron chi connectivity index (χ2n) is 7.49. The SMILES string of the molecule is O=C1C(=O)N(c2nc3cc(Cl)c(F)cc3s2)C(c2cccnc2)/C1=C(\O)c1cccc([N+](=O)[O-])c1. The molecule has 4 aromatic rings. The Bertz CT molecular complexity index is 1530. The number of amides is 1. The first kappa shape index (κ1) is 22.6.